The van der Waals surface area contributed by atoms with E-state index >= 15 is 0 Å². The number of carbonyl (C=O) groups excluding carboxylic acids is 1. The molecule has 0 saturated heterocycles. The third-order valence-corrected chi connectivity index (χ3v) is 5.81. The first-order chi connectivity index (χ1) is 11.4. The van der Waals surface area contributed by atoms with Crippen LogP contribution in [0.5, 0.6) is 5.75 Å². The highest BCUT2D eigenvalue weighted by Crippen LogP contribution is 2.44. The summed E-state index contributed by atoms with van der Waals surface area (Å²) in [4.78, 5) is 15.6. The first-order valence-corrected chi connectivity index (χ1v) is 9.69. The molecule has 0 radical (unpaired) electrons. The summed E-state index contributed by atoms with van der Waals surface area (Å²) in [6, 6.07) is 4.32. The zero-order valence-corrected chi connectivity index (χ0v) is 14.8. The predicted octanol–water partition coefficient (Wildman–Crippen LogP) is 2.79. The molecular weight excluding hydrogens is 350 g/mol. The van der Waals surface area contributed by atoms with Gasteiger partial charge in [0.25, 0.3) is 10.0 Å². The zero-order chi connectivity index (χ0) is 17.3. The molecule has 0 bridgehead atoms. The Morgan fingerprint density at radius 1 is 1.38 bits per heavy atom. The molecule has 2 aromatic rings. The Hall–Kier alpha value is -2.13. The van der Waals surface area contributed by atoms with Crippen LogP contribution in [0.25, 0.3) is 0 Å². The second-order valence-electron chi connectivity index (χ2n) is 5.49. The van der Waals surface area contributed by atoms with Gasteiger partial charge in [0.1, 0.15) is 10.8 Å². The lowest BCUT2D eigenvalue weighted by molar-refractivity contribution is -0.114. The maximum absolute atomic E-state index is 12.6. The highest BCUT2D eigenvalue weighted by molar-refractivity contribution is 7.93. The lowest BCUT2D eigenvalue weighted by atomic mass is 10.3. The summed E-state index contributed by atoms with van der Waals surface area (Å²) in [7, 11) is -2.33. The van der Waals surface area contributed by atoms with Crippen LogP contribution in [-0.2, 0) is 14.8 Å². The van der Waals surface area contributed by atoms with Gasteiger partial charge in [-0.25, -0.2) is 13.4 Å². The van der Waals surface area contributed by atoms with Gasteiger partial charge in [-0.2, -0.15) is 0 Å². The van der Waals surface area contributed by atoms with E-state index in [-0.39, 0.29) is 10.8 Å². The van der Waals surface area contributed by atoms with Crippen molar-refractivity contribution < 1.29 is 17.9 Å². The monoisotopic (exact) mass is 367 g/mol. The zero-order valence-electron chi connectivity index (χ0n) is 13.2. The molecule has 0 atom stereocenters. The maximum atomic E-state index is 12.6. The standard InChI is InChI=1S/C15H17N3O4S2/c1-9(19)17-12-7-11(5-6-13(12)22-2)24(20,21)18-15-14(10-3-4-10)16-8-23-15/h5-8,10,18H,3-4H2,1-2H3,(H,17,19). The fraction of sp³-hybridized carbons (Fsp3) is 0.333. The van der Waals surface area contributed by atoms with Crippen LogP contribution >= 0.6 is 11.3 Å². The molecule has 3 rings (SSSR count). The topological polar surface area (TPSA) is 97.4 Å². The number of benzene rings is 1. The molecule has 0 unspecified atom stereocenters. The summed E-state index contributed by atoms with van der Waals surface area (Å²) < 4.78 is 33.0. The molecule has 1 amide bonds. The van der Waals surface area contributed by atoms with E-state index in [0.717, 1.165) is 18.5 Å². The number of ether oxygens (including phenoxy) is 1. The van der Waals surface area contributed by atoms with Crippen LogP contribution in [0.2, 0.25) is 0 Å². The fourth-order valence-electron chi connectivity index (χ4n) is 2.30. The van der Waals surface area contributed by atoms with Gasteiger partial charge in [0, 0.05) is 12.8 Å². The van der Waals surface area contributed by atoms with Crippen LogP contribution < -0.4 is 14.8 Å². The van der Waals surface area contributed by atoms with Crippen molar-refractivity contribution in [2.75, 3.05) is 17.1 Å². The molecule has 1 heterocycles. The molecule has 24 heavy (non-hydrogen) atoms. The van der Waals surface area contributed by atoms with Crippen LogP contribution in [0, 0.1) is 0 Å². The summed E-state index contributed by atoms with van der Waals surface area (Å²) >= 11 is 1.27. The summed E-state index contributed by atoms with van der Waals surface area (Å²) in [5, 5.41) is 3.12. The number of anilines is 2. The molecule has 1 aromatic heterocycles. The minimum atomic E-state index is -3.78. The van der Waals surface area contributed by atoms with Gasteiger partial charge in [-0.05, 0) is 31.0 Å². The van der Waals surface area contributed by atoms with E-state index in [4.69, 9.17) is 4.74 Å². The van der Waals surface area contributed by atoms with E-state index in [9.17, 15) is 13.2 Å². The van der Waals surface area contributed by atoms with Crippen LogP contribution in [0.1, 0.15) is 31.4 Å². The van der Waals surface area contributed by atoms with Crippen LogP contribution in [0.3, 0.4) is 0 Å². The van der Waals surface area contributed by atoms with Crippen molar-refractivity contribution >= 4 is 38.0 Å². The van der Waals surface area contributed by atoms with E-state index in [1.54, 1.807) is 5.51 Å². The van der Waals surface area contributed by atoms with Crippen LogP contribution in [0.4, 0.5) is 10.7 Å². The molecule has 1 saturated carbocycles. The van der Waals surface area contributed by atoms with Gasteiger partial charge in [-0.15, -0.1) is 11.3 Å². The van der Waals surface area contributed by atoms with Crippen LogP contribution in [-0.4, -0.2) is 26.4 Å². The van der Waals surface area contributed by atoms with E-state index < -0.39 is 10.0 Å². The second-order valence-corrected chi connectivity index (χ2v) is 8.03. The number of nitrogens with one attached hydrogen (secondary N) is 2. The number of aromatic nitrogens is 1. The Balaban J connectivity index is 1.91. The number of nitrogens with zero attached hydrogens (tertiary/aromatic N) is 1. The molecule has 0 aliphatic heterocycles. The van der Waals surface area contributed by atoms with Gasteiger partial charge < -0.3 is 10.1 Å². The van der Waals surface area contributed by atoms with Gasteiger partial charge in [0.15, 0.2) is 0 Å². The summed E-state index contributed by atoms with van der Waals surface area (Å²) in [5.74, 6) is 0.426. The van der Waals surface area contributed by atoms with Crippen molar-refractivity contribution in [3.8, 4) is 5.75 Å². The number of hydrogen-bond acceptors (Lipinski definition) is 6. The SMILES string of the molecule is COc1ccc(S(=O)(=O)Nc2scnc2C2CC2)cc1NC(C)=O. The third-order valence-electron chi connectivity index (χ3n) is 3.58. The highest BCUT2D eigenvalue weighted by Gasteiger charge is 2.30. The Kier molecular flexibility index (Phi) is 4.46. The van der Waals surface area contributed by atoms with Gasteiger partial charge >= 0.3 is 0 Å². The van der Waals surface area contributed by atoms with E-state index in [0.29, 0.717) is 22.4 Å². The van der Waals surface area contributed by atoms with Crippen molar-refractivity contribution in [3.05, 3.63) is 29.4 Å². The summed E-state index contributed by atoms with van der Waals surface area (Å²) in [6.45, 7) is 1.35. The lowest BCUT2D eigenvalue weighted by Crippen LogP contribution is -2.14. The first kappa shape index (κ1) is 16.7. The molecule has 1 aliphatic carbocycles. The normalized spacial score (nSPS) is 14.2. The van der Waals surface area contributed by atoms with Gasteiger partial charge in [0.2, 0.25) is 5.91 Å². The second kappa shape index (κ2) is 6.40. The predicted molar refractivity (Wildman–Crippen MR) is 92.2 cm³/mol. The largest absolute Gasteiger partial charge is 0.495 e. The number of rotatable bonds is 6. The number of hydrogen-bond donors (Lipinski definition) is 2. The van der Waals surface area contributed by atoms with Crippen molar-refractivity contribution in [1.82, 2.24) is 4.98 Å². The number of amides is 1. The Morgan fingerprint density at radius 2 is 2.12 bits per heavy atom. The maximum Gasteiger partial charge on any atom is 0.262 e. The number of sulfonamides is 1. The number of methoxy groups -OCH3 is 1. The molecular formula is C15H17N3O4S2. The Bertz CT molecular complexity index is 873. The van der Waals surface area contributed by atoms with Crippen LogP contribution in [0.15, 0.2) is 28.6 Å². The molecule has 7 nitrogen and oxygen atoms in total. The minimum absolute atomic E-state index is 0.0437. The molecule has 9 heteroatoms. The highest BCUT2D eigenvalue weighted by atomic mass is 32.2. The molecule has 0 spiro atoms. The quantitative estimate of drug-likeness (QED) is 0.818. The first-order valence-electron chi connectivity index (χ1n) is 7.32. The van der Waals surface area contributed by atoms with E-state index in [1.807, 2.05) is 0 Å². The van der Waals surface area contributed by atoms with Gasteiger partial charge in [-0.1, -0.05) is 0 Å². The molecule has 1 aliphatic rings. The van der Waals surface area contributed by atoms with Crippen molar-refractivity contribution in [3.63, 3.8) is 0 Å². The average Bonchev–Trinajstić information content (AvgIpc) is 3.27. The van der Waals surface area contributed by atoms with Crippen molar-refractivity contribution in [2.45, 2.75) is 30.6 Å². The third kappa shape index (κ3) is 3.51. The Morgan fingerprint density at radius 3 is 2.75 bits per heavy atom. The summed E-state index contributed by atoms with van der Waals surface area (Å²) in [6.07, 6.45) is 2.07. The smallest absolute Gasteiger partial charge is 0.262 e. The van der Waals surface area contributed by atoms with Gasteiger partial charge in [0.05, 0.1) is 28.9 Å². The van der Waals surface area contributed by atoms with E-state index in [1.165, 1.54) is 43.6 Å². The molecule has 1 fully saturated rings. The molecule has 128 valence electrons. The average molecular weight is 367 g/mol. The number of carbonyl (C=O) groups is 1. The lowest BCUT2D eigenvalue weighted by Gasteiger charge is -2.12. The van der Waals surface area contributed by atoms with Crippen molar-refractivity contribution in [1.29, 1.82) is 0 Å². The molecule has 1 aromatic carbocycles. The Labute approximate surface area is 144 Å². The minimum Gasteiger partial charge on any atom is -0.495 e. The van der Waals surface area contributed by atoms with Gasteiger partial charge in [-0.3, -0.25) is 9.52 Å². The molecule has 2 N–H and O–H groups in total. The van der Waals surface area contributed by atoms with Crippen molar-refractivity contribution in [2.24, 2.45) is 0 Å². The fourth-order valence-corrected chi connectivity index (χ4v) is 4.42. The van der Waals surface area contributed by atoms with E-state index in [2.05, 4.69) is 15.0 Å². The number of thiazole rings is 1. The summed E-state index contributed by atoms with van der Waals surface area (Å²) in [5.41, 5.74) is 2.75.